The van der Waals surface area contributed by atoms with E-state index in [1.807, 2.05) is 22.7 Å². The van der Waals surface area contributed by atoms with Crippen LogP contribution in [-0.2, 0) is 6.54 Å². The fraction of sp³-hybridized carbons (Fsp3) is 0.688. The van der Waals surface area contributed by atoms with Gasteiger partial charge in [-0.15, -0.1) is 0 Å². The first-order valence-electron chi connectivity index (χ1n) is 7.83. The molecule has 0 atom stereocenters. The monoisotopic (exact) mass is 277 g/mol. The van der Waals surface area contributed by atoms with E-state index in [2.05, 4.69) is 6.92 Å². The van der Waals surface area contributed by atoms with Crippen LogP contribution in [0, 0.1) is 5.92 Å². The zero-order valence-electron chi connectivity index (χ0n) is 12.8. The van der Waals surface area contributed by atoms with Crippen LogP contribution in [0.15, 0.2) is 12.3 Å². The molecule has 1 aromatic heterocycles. The van der Waals surface area contributed by atoms with Crippen molar-refractivity contribution in [2.45, 2.75) is 52.0 Å². The molecule has 1 amide bonds. The molecule has 1 heterocycles. The third-order valence-electron chi connectivity index (χ3n) is 4.20. The first-order valence-corrected chi connectivity index (χ1v) is 7.83. The minimum Gasteiger partial charge on any atom is -0.397 e. The highest BCUT2D eigenvalue weighted by Gasteiger charge is 2.21. The number of hydrogen-bond acceptors (Lipinski definition) is 2. The summed E-state index contributed by atoms with van der Waals surface area (Å²) in [5, 5.41) is 0. The second-order valence-corrected chi connectivity index (χ2v) is 6.04. The standard InChI is InChI=1S/C16H27N3O/c1-3-9-19-12-14(17)10-15(19)16(20)18(2)11-13-7-5-4-6-8-13/h10,12-13H,3-9,11,17H2,1-2H3. The van der Waals surface area contributed by atoms with Crippen molar-refractivity contribution in [3.05, 3.63) is 18.0 Å². The number of nitrogens with zero attached hydrogens (tertiary/aromatic N) is 2. The molecule has 2 N–H and O–H groups in total. The van der Waals surface area contributed by atoms with Crippen molar-refractivity contribution in [2.24, 2.45) is 5.92 Å². The predicted molar refractivity (Wildman–Crippen MR) is 82.7 cm³/mol. The van der Waals surface area contributed by atoms with Crippen LogP contribution in [-0.4, -0.2) is 29.0 Å². The lowest BCUT2D eigenvalue weighted by Gasteiger charge is -2.27. The zero-order valence-corrected chi connectivity index (χ0v) is 12.8. The van der Waals surface area contributed by atoms with Gasteiger partial charge in [0.15, 0.2) is 0 Å². The van der Waals surface area contributed by atoms with Crippen molar-refractivity contribution < 1.29 is 4.79 Å². The van der Waals surface area contributed by atoms with Gasteiger partial charge in [-0.25, -0.2) is 0 Å². The molecular formula is C16H27N3O. The lowest BCUT2D eigenvalue weighted by Crippen LogP contribution is -2.33. The topological polar surface area (TPSA) is 51.3 Å². The number of aromatic nitrogens is 1. The summed E-state index contributed by atoms with van der Waals surface area (Å²) in [6.45, 7) is 3.82. The van der Waals surface area contributed by atoms with E-state index >= 15 is 0 Å². The van der Waals surface area contributed by atoms with Crippen LogP contribution in [0.25, 0.3) is 0 Å². The molecule has 20 heavy (non-hydrogen) atoms. The third-order valence-corrected chi connectivity index (χ3v) is 4.20. The van der Waals surface area contributed by atoms with E-state index in [1.165, 1.54) is 32.1 Å². The van der Waals surface area contributed by atoms with E-state index in [-0.39, 0.29) is 5.91 Å². The normalized spacial score (nSPS) is 16.3. The number of carbonyl (C=O) groups excluding carboxylic acids is 1. The Balaban J connectivity index is 2.01. The highest BCUT2D eigenvalue weighted by molar-refractivity contribution is 5.93. The number of amides is 1. The van der Waals surface area contributed by atoms with Gasteiger partial charge >= 0.3 is 0 Å². The molecule has 1 aromatic rings. The van der Waals surface area contributed by atoms with Crippen LogP contribution >= 0.6 is 0 Å². The molecule has 1 aliphatic carbocycles. The summed E-state index contributed by atoms with van der Waals surface area (Å²) in [7, 11) is 1.91. The molecule has 112 valence electrons. The molecule has 0 spiro atoms. The second kappa shape index (κ2) is 6.82. The highest BCUT2D eigenvalue weighted by Crippen LogP contribution is 2.24. The van der Waals surface area contributed by atoms with Crippen LogP contribution in [0.4, 0.5) is 5.69 Å². The smallest absolute Gasteiger partial charge is 0.270 e. The summed E-state index contributed by atoms with van der Waals surface area (Å²) in [5.74, 6) is 0.769. The molecule has 0 bridgehead atoms. The van der Waals surface area contributed by atoms with Crippen molar-refractivity contribution in [1.82, 2.24) is 9.47 Å². The van der Waals surface area contributed by atoms with Gasteiger partial charge in [0.25, 0.3) is 5.91 Å². The number of nitrogens with two attached hydrogens (primary N) is 1. The fourth-order valence-corrected chi connectivity index (χ4v) is 3.17. The van der Waals surface area contributed by atoms with Crippen molar-refractivity contribution >= 4 is 11.6 Å². The van der Waals surface area contributed by atoms with Gasteiger partial charge in [-0.1, -0.05) is 26.2 Å². The minimum atomic E-state index is 0.0979. The van der Waals surface area contributed by atoms with Gasteiger partial charge in [-0.05, 0) is 31.2 Å². The number of aryl methyl sites for hydroxylation is 1. The second-order valence-electron chi connectivity index (χ2n) is 6.04. The summed E-state index contributed by atoms with van der Waals surface area (Å²) < 4.78 is 1.98. The van der Waals surface area contributed by atoms with Crippen molar-refractivity contribution in [3.8, 4) is 0 Å². The molecule has 1 aliphatic rings. The fourth-order valence-electron chi connectivity index (χ4n) is 3.17. The summed E-state index contributed by atoms with van der Waals surface area (Å²) in [4.78, 5) is 14.4. The lowest BCUT2D eigenvalue weighted by atomic mass is 9.89. The highest BCUT2D eigenvalue weighted by atomic mass is 16.2. The van der Waals surface area contributed by atoms with Gasteiger partial charge in [0.05, 0.1) is 5.69 Å². The number of carbonyl (C=O) groups is 1. The maximum absolute atomic E-state index is 12.6. The van der Waals surface area contributed by atoms with Crippen LogP contribution in [0.2, 0.25) is 0 Å². The molecule has 1 saturated carbocycles. The third kappa shape index (κ3) is 3.56. The molecule has 2 rings (SSSR count). The molecular weight excluding hydrogens is 250 g/mol. The molecule has 4 heteroatoms. The van der Waals surface area contributed by atoms with Crippen molar-refractivity contribution in [1.29, 1.82) is 0 Å². The Morgan fingerprint density at radius 3 is 2.75 bits per heavy atom. The average Bonchev–Trinajstić information content (AvgIpc) is 2.80. The Morgan fingerprint density at radius 1 is 1.40 bits per heavy atom. The van der Waals surface area contributed by atoms with Crippen molar-refractivity contribution in [3.63, 3.8) is 0 Å². The Bertz CT molecular complexity index is 447. The maximum atomic E-state index is 12.6. The average molecular weight is 277 g/mol. The van der Waals surface area contributed by atoms with E-state index in [9.17, 15) is 4.79 Å². The van der Waals surface area contributed by atoms with Gasteiger partial charge < -0.3 is 15.2 Å². The van der Waals surface area contributed by atoms with Gasteiger partial charge in [0, 0.05) is 26.3 Å². The first kappa shape index (κ1) is 14.9. The summed E-state index contributed by atoms with van der Waals surface area (Å²) in [6.07, 6.45) is 9.36. The molecule has 0 radical (unpaired) electrons. The van der Waals surface area contributed by atoms with Gasteiger partial charge in [-0.2, -0.15) is 0 Å². The van der Waals surface area contributed by atoms with E-state index in [0.717, 1.165) is 25.2 Å². The Labute approximate surface area is 121 Å². The number of rotatable bonds is 5. The van der Waals surface area contributed by atoms with Crippen LogP contribution < -0.4 is 5.73 Å². The van der Waals surface area contributed by atoms with Gasteiger partial charge in [0.2, 0.25) is 0 Å². The molecule has 4 nitrogen and oxygen atoms in total. The Morgan fingerprint density at radius 2 is 2.10 bits per heavy atom. The number of anilines is 1. The summed E-state index contributed by atoms with van der Waals surface area (Å²) in [6, 6.07) is 1.80. The number of nitrogen functional groups attached to an aromatic ring is 1. The number of hydrogen-bond donors (Lipinski definition) is 1. The van der Waals surface area contributed by atoms with Crippen LogP contribution in [0.3, 0.4) is 0 Å². The lowest BCUT2D eigenvalue weighted by molar-refractivity contribution is 0.0749. The largest absolute Gasteiger partial charge is 0.397 e. The first-order chi connectivity index (χ1) is 9.61. The molecule has 0 saturated heterocycles. The summed E-state index contributed by atoms with van der Waals surface area (Å²) in [5.41, 5.74) is 7.24. The summed E-state index contributed by atoms with van der Waals surface area (Å²) >= 11 is 0. The quantitative estimate of drug-likeness (QED) is 0.899. The zero-order chi connectivity index (χ0) is 14.5. The van der Waals surface area contributed by atoms with E-state index in [1.54, 1.807) is 6.07 Å². The van der Waals surface area contributed by atoms with E-state index in [4.69, 9.17) is 5.73 Å². The SMILES string of the molecule is CCCn1cc(N)cc1C(=O)N(C)CC1CCCCC1. The van der Waals surface area contributed by atoms with Gasteiger partial charge in [-0.3, -0.25) is 4.79 Å². The van der Waals surface area contributed by atoms with Crippen LogP contribution in [0.1, 0.15) is 55.9 Å². The molecule has 1 fully saturated rings. The van der Waals surface area contributed by atoms with Gasteiger partial charge in [0.1, 0.15) is 5.69 Å². The van der Waals surface area contributed by atoms with Crippen LogP contribution in [0.5, 0.6) is 0 Å². The molecule has 0 aliphatic heterocycles. The predicted octanol–water partition coefficient (Wildman–Crippen LogP) is 3.13. The van der Waals surface area contributed by atoms with Crippen molar-refractivity contribution in [2.75, 3.05) is 19.3 Å². The molecule has 0 unspecified atom stereocenters. The minimum absolute atomic E-state index is 0.0979. The van der Waals surface area contributed by atoms with E-state index in [0.29, 0.717) is 11.6 Å². The Kier molecular flexibility index (Phi) is 5.10. The molecule has 0 aromatic carbocycles. The maximum Gasteiger partial charge on any atom is 0.270 e. The Hall–Kier alpha value is -1.45. The van der Waals surface area contributed by atoms with E-state index < -0.39 is 0 Å².